The van der Waals surface area contributed by atoms with Crippen molar-refractivity contribution in [3.05, 3.63) is 34.4 Å². The van der Waals surface area contributed by atoms with Crippen LogP contribution < -0.4 is 4.90 Å². The lowest BCUT2D eigenvalue weighted by Gasteiger charge is -2.39. The van der Waals surface area contributed by atoms with Gasteiger partial charge >= 0.3 is 0 Å². The first-order chi connectivity index (χ1) is 11.0. The number of piperazine rings is 1. The number of carbonyl (C=O) groups is 1. The molecule has 1 amide bonds. The smallest absolute Gasteiger partial charge is 0.269 e. The Morgan fingerprint density at radius 1 is 1.30 bits per heavy atom. The molecule has 0 aromatic heterocycles. The van der Waals surface area contributed by atoms with Gasteiger partial charge in [0.25, 0.3) is 5.69 Å². The SMILES string of the molecule is CCCCCC(=O)N1CCN(c2ccc([N+](=O)[O-])cc2)CC1Cl. The molecule has 0 radical (unpaired) electrons. The van der Waals surface area contributed by atoms with Crippen molar-refractivity contribution in [3.63, 3.8) is 0 Å². The molecule has 1 heterocycles. The molecule has 6 nitrogen and oxygen atoms in total. The molecule has 0 aliphatic carbocycles. The summed E-state index contributed by atoms with van der Waals surface area (Å²) in [6.07, 6.45) is 3.60. The lowest BCUT2D eigenvalue weighted by atomic mass is 10.1. The van der Waals surface area contributed by atoms with E-state index in [1.54, 1.807) is 17.0 Å². The normalized spacial score (nSPS) is 18.1. The zero-order valence-electron chi connectivity index (χ0n) is 13.3. The van der Waals surface area contributed by atoms with Crippen molar-refractivity contribution >= 4 is 28.9 Å². The Morgan fingerprint density at radius 3 is 2.57 bits per heavy atom. The summed E-state index contributed by atoms with van der Waals surface area (Å²) in [5.41, 5.74) is 0.591. The Labute approximate surface area is 141 Å². The van der Waals surface area contributed by atoms with Crippen LogP contribution in [-0.4, -0.2) is 40.9 Å². The lowest BCUT2D eigenvalue weighted by molar-refractivity contribution is -0.384. The molecule has 0 saturated carbocycles. The van der Waals surface area contributed by atoms with Gasteiger partial charge in [-0.25, -0.2) is 0 Å². The van der Waals surface area contributed by atoms with Crippen LogP contribution in [-0.2, 0) is 4.79 Å². The Hall–Kier alpha value is -1.82. The number of carbonyl (C=O) groups excluding carboxylic acids is 1. The molecule has 0 N–H and O–H groups in total. The number of benzene rings is 1. The average Bonchev–Trinajstić information content (AvgIpc) is 2.55. The highest BCUT2D eigenvalue weighted by Gasteiger charge is 2.28. The number of nitrogens with zero attached hydrogens (tertiary/aromatic N) is 3. The van der Waals surface area contributed by atoms with Gasteiger partial charge in [0.2, 0.25) is 5.91 Å². The second kappa shape index (κ2) is 8.15. The summed E-state index contributed by atoms with van der Waals surface area (Å²) < 4.78 is 0. The van der Waals surface area contributed by atoms with Crippen LogP contribution in [0.15, 0.2) is 24.3 Å². The van der Waals surface area contributed by atoms with E-state index in [2.05, 4.69) is 11.8 Å². The molecule has 1 atom stereocenters. The fourth-order valence-electron chi connectivity index (χ4n) is 2.71. The molecule has 0 spiro atoms. The molecule has 1 aliphatic rings. The Kier molecular flexibility index (Phi) is 6.21. The van der Waals surface area contributed by atoms with Gasteiger partial charge in [0.1, 0.15) is 5.50 Å². The molecule has 1 aromatic carbocycles. The molecule has 0 bridgehead atoms. The van der Waals surface area contributed by atoms with Gasteiger partial charge in [0.15, 0.2) is 0 Å². The van der Waals surface area contributed by atoms with Crippen LogP contribution in [0.25, 0.3) is 0 Å². The van der Waals surface area contributed by atoms with Crippen LogP contribution in [0.3, 0.4) is 0 Å². The zero-order chi connectivity index (χ0) is 16.8. The first kappa shape index (κ1) is 17.5. The summed E-state index contributed by atoms with van der Waals surface area (Å²) in [5.74, 6) is 0.113. The summed E-state index contributed by atoms with van der Waals surface area (Å²) >= 11 is 6.37. The summed E-state index contributed by atoms with van der Waals surface area (Å²) in [4.78, 5) is 26.3. The van der Waals surface area contributed by atoms with E-state index in [0.717, 1.165) is 24.9 Å². The van der Waals surface area contributed by atoms with Gasteiger partial charge in [0, 0.05) is 37.3 Å². The van der Waals surface area contributed by atoms with Gasteiger partial charge in [-0.3, -0.25) is 14.9 Å². The van der Waals surface area contributed by atoms with Crippen LogP contribution in [0.4, 0.5) is 11.4 Å². The molecule has 1 fully saturated rings. The van der Waals surface area contributed by atoms with Gasteiger partial charge in [0.05, 0.1) is 11.5 Å². The van der Waals surface area contributed by atoms with E-state index in [0.29, 0.717) is 26.1 Å². The number of amides is 1. The third-order valence-corrected chi connectivity index (χ3v) is 4.43. The standard InChI is InChI=1S/C16H22ClN3O3/c1-2-3-4-5-16(21)19-11-10-18(12-15(19)17)13-6-8-14(9-7-13)20(22)23/h6-9,15H,2-5,10-12H2,1H3. The zero-order valence-corrected chi connectivity index (χ0v) is 14.0. The first-order valence-corrected chi connectivity index (χ1v) is 8.39. The predicted molar refractivity (Wildman–Crippen MR) is 90.8 cm³/mol. The number of non-ortho nitro benzene ring substituents is 1. The van der Waals surface area contributed by atoms with E-state index in [1.165, 1.54) is 12.1 Å². The highest BCUT2D eigenvalue weighted by molar-refractivity contribution is 6.21. The number of nitro benzene ring substituents is 1. The van der Waals surface area contributed by atoms with Crippen molar-refractivity contribution in [3.8, 4) is 0 Å². The van der Waals surface area contributed by atoms with Crippen LogP contribution >= 0.6 is 11.6 Å². The summed E-state index contributed by atoms with van der Waals surface area (Å²) in [5, 5.41) is 10.7. The molecule has 23 heavy (non-hydrogen) atoms. The van der Waals surface area contributed by atoms with Crippen LogP contribution in [0.1, 0.15) is 32.6 Å². The van der Waals surface area contributed by atoms with Crippen molar-refractivity contribution in [2.75, 3.05) is 24.5 Å². The maximum Gasteiger partial charge on any atom is 0.269 e. The van der Waals surface area contributed by atoms with E-state index in [1.807, 2.05) is 0 Å². The van der Waals surface area contributed by atoms with Gasteiger partial charge in [-0.15, -0.1) is 0 Å². The summed E-state index contributed by atoms with van der Waals surface area (Å²) in [6.45, 7) is 3.90. The van der Waals surface area contributed by atoms with E-state index in [4.69, 9.17) is 11.6 Å². The van der Waals surface area contributed by atoms with Crippen molar-refractivity contribution < 1.29 is 9.72 Å². The minimum Gasteiger partial charge on any atom is -0.366 e. The van der Waals surface area contributed by atoms with Gasteiger partial charge in [-0.2, -0.15) is 0 Å². The number of unbranched alkanes of at least 4 members (excludes halogenated alkanes) is 2. The lowest BCUT2D eigenvalue weighted by Crippen LogP contribution is -2.53. The van der Waals surface area contributed by atoms with Crippen molar-refractivity contribution in [1.29, 1.82) is 0 Å². The number of rotatable bonds is 6. The van der Waals surface area contributed by atoms with Crippen LogP contribution in [0, 0.1) is 10.1 Å². The quantitative estimate of drug-likeness (QED) is 0.262. The van der Waals surface area contributed by atoms with E-state index in [-0.39, 0.29) is 17.1 Å². The minimum absolute atomic E-state index is 0.0703. The largest absolute Gasteiger partial charge is 0.366 e. The number of halogens is 1. The molecule has 7 heteroatoms. The maximum atomic E-state index is 12.2. The van der Waals surface area contributed by atoms with E-state index in [9.17, 15) is 14.9 Å². The van der Waals surface area contributed by atoms with Gasteiger partial charge < -0.3 is 9.80 Å². The van der Waals surface area contributed by atoms with Crippen molar-refractivity contribution in [2.24, 2.45) is 0 Å². The number of nitro groups is 1. The topological polar surface area (TPSA) is 66.7 Å². The Balaban J connectivity index is 1.92. The molecule has 1 aliphatic heterocycles. The van der Waals surface area contributed by atoms with Gasteiger partial charge in [-0.1, -0.05) is 31.4 Å². The van der Waals surface area contributed by atoms with Crippen molar-refractivity contribution in [2.45, 2.75) is 38.1 Å². The fourth-order valence-corrected chi connectivity index (χ4v) is 3.08. The molecular formula is C16H22ClN3O3. The molecule has 1 aromatic rings. The number of anilines is 1. The van der Waals surface area contributed by atoms with E-state index < -0.39 is 4.92 Å². The van der Waals surface area contributed by atoms with Gasteiger partial charge in [-0.05, 0) is 18.6 Å². The highest BCUT2D eigenvalue weighted by Crippen LogP contribution is 2.24. The number of alkyl halides is 1. The van der Waals surface area contributed by atoms with Crippen LogP contribution in [0.5, 0.6) is 0 Å². The van der Waals surface area contributed by atoms with Crippen LogP contribution in [0.2, 0.25) is 0 Å². The Bertz CT molecular complexity index is 550. The molecule has 2 rings (SSSR count). The number of hydrogen-bond donors (Lipinski definition) is 0. The third kappa shape index (κ3) is 4.58. The highest BCUT2D eigenvalue weighted by atomic mass is 35.5. The second-order valence-electron chi connectivity index (χ2n) is 5.70. The summed E-state index contributed by atoms with van der Waals surface area (Å²) in [6, 6.07) is 6.42. The second-order valence-corrected chi connectivity index (χ2v) is 6.20. The Morgan fingerprint density at radius 2 is 2.00 bits per heavy atom. The molecule has 1 saturated heterocycles. The maximum absolute atomic E-state index is 12.2. The summed E-state index contributed by atoms with van der Waals surface area (Å²) in [7, 11) is 0. The van der Waals surface area contributed by atoms with E-state index >= 15 is 0 Å². The predicted octanol–water partition coefficient (Wildman–Crippen LogP) is 3.39. The third-order valence-electron chi connectivity index (χ3n) is 4.06. The first-order valence-electron chi connectivity index (χ1n) is 7.96. The minimum atomic E-state index is -0.416. The monoisotopic (exact) mass is 339 g/mol. The van der Waals surface area contributed by atoms with Crippen molar-refractivity contribution in [1.82, 2.24) is 4.90 Å². The average molecular weight is 340 g/mol. The fraction of sp³-hybridized carbons (Fsp3) is 0.562. The molecule has 126 valence electrons. The molecular weight excluding hydrogens is 318 g/mol. The number of hydrogen-bond acceptors (Lipinski definition) is 4. The molecule has 1 unspecified atom stereocenters.